The van der Waals surface area contributed by atoms with Gasteiger partial charge < -0.3 is 15.3 Å². The lowest BCUT2D eigenvalue weighted by atomic mass is 9.77. The summed E-state index contributed by atoms with van der Waals surface area (Å²) in [5.41, 5.74) is 0.240. The second kappa shape index (κ2) is 9.06. The van der Waals surface area contributed by atoms with Crippen LogP contribution in [-0.4, -0.2) is 57.4 Å². The first-order chi connectivity index (χ1) is 17.5. The summed E-state index contributed by atoms with van der Waals surface area (Å²) in [5, 5.41) is 16.3. The van der Waals surface area contributed by atoms with Crippen LogP contribution in [0.15, 0.2) is 26.0 Å². The highest BCUT2D eigenvalue weighted by atomic mass is 32.2. The summed E-state index contributed by atoms with van der Waals surface area (Å²) in [6, 6.07) is -0.0382. The summed E-state index contributed by atoms with van der Waals surface area (Å²) in [4.78, 5) is 15.8. The molecule has 0 spiro atoms. The standard InChI is InChI=1S/C24H32N4O6S3/c1-36(31,32)25-10-16-12-35-23-21(16)37(33,34)27-22(26-23)18-20(29)17-14-7-8-15(9-14)19(17)28(24(18)30)11-13-5-3-2-4-6-13/h12-15,17,19,25,29H,2-11H2,1H3,(H,26,27)/t14?,15?,17-,19+/m1/s1. The van der Waals surface area contributed by atoms with Gasteiger partial charge in [0, 0.05) is 30.6 Å². The number of carbonyl (C=O) groups excluding carboxylic acids is 1. The largest absolute Gasteiger partial charge is 0.511 e. The van der Waals surface area contributed by atoms with Crippen molar-refractivity contribution in [3.05, 3.63) is 22.3 Å². The number of aliphatic hydroxyl groups is 1. The molecule has 3 fully saturated rings. The number of rotatable bonds is 6. The van der Waals surface area contributed by atoms with E-state index in [1.54, 1.807) is 5.38 Å². The van der Waals surface area contributed by atoms with E-state index in [9.17, 15) is 26.7 Å². The van der Waals surface area contributed by atoms with Crippen molar-refractivity contribution < 1.29 is 26.7 Å². The second-order valence-electron chi connectivity index (χ2n) is 11.1. The first kappa shape index (κ1) is 25.3. The maximum atomic E-state index is 14.0. The topological polar surface area (TPSA) is 145 Å². The van der Waals surface area contributed by atoms with Gasteiger partial charge in [0.1, 0.15) is 21.2 Å². The van der Waals surface area contributed by atoms with Crippen LogP contribution in [-0.2, 0) is 31.4 Å². The van der Waals surface area contributed by atoms with Crippen LogP contribution in [0.5, 0.6) is 0 Å². The van der Waals surface area contributed by atoms with Crippen molar-refractivity contribution in [2.24, 2.45) is 28.1 Å². The van der Waals surface area contributed by atoms with Crippen LogP contribution >= 0.6 is 11.3 Å². The minimum atomic E-state index is -4.23. The van der Waals surface area contributed by atoms with Gasteiger partial charge in [-0.3, -0.25) is 4.79 Å². The number of fused-ring (bicyclic) bond motifs is 6. The fourth-order valence-electron chi connectivity index (χ4n) is 7.21. The van der Waals surface area contributed by atoms with Gasteiger partial charge in [-0.15, -0.1) is 15.7 Å². The molecule has 6 rings (SSSR count). The van der Waals surface area contributed by atoms with E-state index in [2.05, 4.69) is 14.4 Å². The third-order valence-corrected chi connectivity index (χ3v) is 11.9. The number of carbonyl (C=O) groups is 1. The molecule has 0 aromatic carbocycles. The lowest BCUT2D eigenvalue weighted by Gasteiger charge is -2.45. The number of amides is 1. The molecular formula is C24H32N4O6S3. The van der Waals surface area contributed by atoms with E-state index in [4.69, 9.17) is 0 Å². The molecule has 37 heavy (non-hydrogen) atoms. The number of amidine groups is 1. The fourth-order valence-corrected chi connectivity index (χ4v) is 10.2. The van der Waals surface area contributed by atoms with Gasteiger partial charge in [0.15, 0.2) is 5.84 Å². The Hall–Kier alpha value is -1.96. The number of anilines is 1. The zero-order chi connectivity index (χ0) is 26.1. The predicted molar refractivity (Wildman–Crippen MR) is 140 cm³/mol. The Morgan fingerprint density at radius 3 is 2.65 bits per heavy atom. The van der Waals surface area contributed by atoms with E-state index in [1.165, 1.54) is 6.42 Å². The number of nitrogens with one attached hydrogen (secondary N) is 2. The van der Waals surface area contributed by atoms with Crippen molar-refractivity contribution in [3.63, 3.8) is 0 Å². The molecule has 3 aliphatic carbocycles. The summed E-state index contributed by atoms with van der Waals surface area (Å²) in [6.45, 7) is 0.441. The maximum absolute atomic E-state index is 14.0. The van der Waals surface area contributed by atoms with Crippen LogP contribution in [0.2, 0.25) is 0 Å². The molecule has 0 saturated heterocycles. The second-order valence-corrected chi connectivity index (χ2v) is 15.4. The van der Waals surface area contributed by atoms with Crippen molar-refractivity contribution in [1.82, 2.24) is 9.62 Å². The quantitative estimate of drug-likeness (QED) is 0.478. The lowest BCUT2D eigenvalue weighted by molar-refractivity contribution is -0.134. The van der Waals surface area contributed by atoms with Crippen molar-refractivity contribution in [2.45, 2.75) is 68.8 Å². The van der Waals surface area contributed by atoms with Gasteiger partial charge in [0.25, 0.3) is 15.9 Å². The molecule has 4 atom stereocenters. The van der Waals surface area contributed by atoms with Gasteiger partial charge in [-0.25, -0.2) is 13.1 Å². The highest BCUT2D eigenvalue weighted by molar-refractivity contribution is 7.91. The summed E-state index contributed by atoms with van der Waals surface area (Å²) in [7, 11) is -7.76. The van der Waals surface area contributed by atoms with E-state index in [1.807, 2.05) is 4.90 Å². The molecule has 13 heteroatoms. The molecule has 2 aliphatic heterocycles. The fraction of sp³-hybridized carbons (Fsp3) is 0.667. The third-order valence-electron chi connectivity index (χ3n) is 8.74. The molecule has 10 nitrogen and oxygen atoms in total. The number of hydrogen-bond donors (Lipinski definition) is 3. The number of thiophene rings is 1. The van der Waals surface area contributed by atoms with Gasteiger partial charge in [-0.2, -0.15) is 8.42 Å². The molecule has 5 aliphatic rings. The smallest absolute Gasteiger partial charge is 0.287 e. The van der Waals surface area contributed by atoms with Crippen LogP contribution in [0.25, 0.3) is 0 Å². The average molecular weight is 569 g/mol. The Morgan fingerprint density at radius 1 is 1.19 bits per heavy atom. The van der Waals surface area contributed by atoms with Crippen molar-refractivity contribution in [3.8, 4) is 0 Å². The summed E-state index contributed by atoms with van der Waals surface area (Å²) < 4.78 is 55.9. The molecule has 202 valence electrons. The van der Waals surface area contributed by atoms with Crippen LogP contribution in [0, 0.1) is 23.7 Å². The minimum Gasteiger partial charge on any atom is -0.511 e. The van der Waals surface area contributed by atoms with Gasteiger partial charge in [-0.05, 0) is 55.2 Å². The molecular weight excluding hydrogens is 536 g/mol. The van der Waals surface area contributed by atoms with Gasteiger partial charge in [0.05, 0.1) is 6.26 Å². The highest BCUT2D eigenvalue weighted by Crippen LogP contribution is 2.55. The van der Waals surface area contributed by atoms with Crippen LogP contribution in [0.4, 0.5) is 5.00 Å². The molecule has 3 heterocycles. The van der Waals surface area contributed by atoms with Gasteiger partial charge >= 0.3 is 0 Å². The normalized spacial score (nSPS) is 31.2. The minimum absolute atomic E-state index is 0.0382. The van der Waals surface area contributed by atoms with Crippen LogP contribution < -0.4 is 10.0 Å². The Bertz CT molecular complexity index is 1410. The SMILES string of the molecule is CS(=O)(=O)NCc1csc2c1S(=O)(=O)N=C(C1=C(O)[C@@H]3C4CCC(C4)[C@@H]3N(CC3CCCCC3)C1=O)N2. The first-order valence-corrected chi connectivity index (χ1v) is 17.2. The number of hydrogen-bond acceptors (Lipinski definition) is 8. The molecule has 0 radical (unpaired) electrons. The van der Waals surface area contributed by atoms with Crippen molar-refractivity contribution >= 4 is 48.1 Å². The van der Waals surface area contributed by atoms with E-state index in [0.717, 1.165) is 62.5 Å². The Morgan fingerprint density at radius 2 is 1.92 bits per heavy atom. The molecule has 1 aromatic heterocycles. The van der Waals surface area contributed by atoms with E-state index in [0.29, 0.717) is 18.4 Å². The number of nitrogens with zero attached hydrogens (tertiary/aromatic N) is 2. The summed E-state index contributed by atoms with van der Waals surface area (Å²) in [5.74, 6) is 0.331. The third kappa shape index (κ3) is 4.41. The average Bonchev–Trinajstić information content (AvgIpc) is 3.55. The summed E-state index contributed by atoms with van der Waals surface area (Å²) in [6.07, 6.45) is 9.73. The Labute approximate surface area is 221 Å². The molecule has 3 N–H and O–H groups in total. The van der Waals surface area contributed by atoms with Gasteiger partial charge in [-0.1, -0.05) is 19.3 Å². The van der Waals surface area contributed by atoms with Crippen molar-refractivity contribution in [2.75, 3.05) is 18.1 Å². The monoisotopic (exact) mass is 568 g/mol. The lowest BCUT2D eigenvalue weighted by Crippen LogP contribution is -2.55. The number of aliphatic hydroxyl groups excluding tert-OH is 1. The maximum Gasteiger partial charge on any atom is 0.287 e. The van der Waals surface area contributed by atoms with Crippen LogP contribution in [0.3, 0.4) is 0 Å². The zero-order valence-corrected chi connectivity index (χ0v) is 23.1. The molecule has 1 amide bonds. The van der Waals surface area contributed by atoms with E-state index < -0.39 is 20.0 Å². The predicted octanol–water partition coefficient (Wildman–Crippen LogP) is 2.96. The summed E-state index contributed by atoms with van der Waals surface area (Å²) >= 11 is 1.10. The Balaban J connectivity index is 1.36. The highest BCUT2D eigenvalue weighted by Gasteiger charge is 2.57. The molecule has 3 saturated carbocycles. The molecule has 2 unspecified atom stereocenters. The molecule has 1 aromatic rings. The number of sulfonamides is 2. The van der Waals surface area contributed by atoms with E-state index in [-0.39, 0.29) is 63.0 Å². The van der Waals surface area contributed by atoms with Crippen molar-refractivity contribution in [1.29, 1.82) is 0 Å². The van der Waals surface area contributed by atoms with Gasteiger partial charge in [0.2, 0.25) is 10.0 Å². The van der Waals surface area contributed by atoms with Crippen LogP contribution in [0.1, 0.15) is 56.9 Å². The zero-order valence-electron chi connectivity index (χ0n) is 20.6. The Kier molecular flexibility index (Phi) is 6.20. The first-order valence-electron chi connectivity index (χ1n) is 12.9. The molecule has 2 bridgehead atoms. The van der Waals surface area contributed by atoms with E-state index >= 15 is 0 Å².